The van der Waals surface area contributed by atoms with Gasteiger partial charge >= 0.3 is 6.03 Å². The molecule has 112 valence electrons. The van der Waals surface area contributed by atoms with E-state index in [4.69, 9.17) is 0 Å². The number of imidazole rings is 1. The van der Waals surface area contributed by atoms with Crippen molar-refractivity contribution in [1.29, 1.82) is 0 Å². The minimum Gasteiger partial charge on any atom is -0.337 e. The summed E-state index contributed by atoms with van der Waals surface area (Å²) >= 11 is 0. The highest BCUT2D eigenvalue weighted by Crippen LogP contribution is 2.35. The number of carbonyl (C=O) groups excluding carboxylic acids is 2. The van der Waals surface area contributed by atoms with Crippen molar-refractivity contribution in [1.82, 2.24) is 19.8 Å². The lowest BCUT2D eigenvalue weighted by atomic mass is 9.96. The lowest BCUT2D eigenvalue weighted by Gasteiger charge is -2.20. The van der Waals surface area contributed by atoms with E-state index >= 15 is 0 Å². The number of hydrogen-bond acceptors (Lipinski definition) is 3. The summed E-state index contributed by atoms with van der Waals surface area (Å²) in [7, 11) is 1.85. The minimum atomic E-state index is -0.814. The first-order valence-corrected chi connectivity index (χ1v) is 7.26. The molecular formula is C16H16N4O2. The predicted molar refractivity (Wildman–Crippen MR) is 78.9 cm³/mol. The van der Waals surface area contributed by atoms with Gasteiger partial charge in [-0.3, -0.25) is 9.69 Å². The molecule has 0 saturated carbocycles. The van der Waals surface area contributed by atoms with E-state index in [0.29, 0.717) is 18.7 Å². The monoisotopic (exact) mass is 296 g/mol. The zero-order valence-corrected chi connectivity index (χ0v) is 12.2. The number of carbonyl (C=O) groups is 2. The number of amides is 3. The first-order valence-electron chi connectivity index (χ1n) is 7.26. The van der Waals surface area contributed by atoms with Crippen molar-refractivity contribution in [3.63, 3.8) is 0 Å². The lowest BCUT2D eigenvalue weighted by molar-refractivity contribution is -0.131. The van der Waals surface area contributed by atoms with Crippen molar-refractivity contribution in [2.75, 3.05) is 0 Å². The van der Waals surface area contributed by atoms with Crippen LogP contribution in [0.15, 0.2) is 36.7 Å². The van der Waals surface area contributed by atoms with Crippen LogP contribution < -0.4 is 5.32 Å². The Labute approximate surface area is 127 Å². The standard InChI is InChI=1S/C16H16N4O2/c1-19-7-6-17-13(19)10-20-14(21)16(18-15(20)22)8-11-4-2-3-5-12(11)9-16/h2-7H,8-10H2,1H3,(H,18,22). The van der Waals surface area contributed by atoms with Gasteiger partial charge in [-0.1, -0.05) is 24.3 Å². The fourth-order valence-corrected chi connectivity index (χ4v) is 3.36. The van der Waals surface area contributed by atoms with Crippen LogP contribution in [0, 0.1) is 0 Å². The summed E-state index contributed by atoms with van der Waals surface area (Å²) in [6.45, 7) is 0.201. The number of aromatic nitrogens is 2. The van der Waals surface area contributed by atoms with Crippen molar-refractivity contribution in [3.8, 4) is 0 Å². The third-order valence-corrected chi connectivity index (χ3v) is 4.57. The Bertz CT molecular complexity index is 755. The summed E-state index contributed by atoms with van der Waals surface area (Å²) in [5.41, 5.74) is 1.45. The van der Waals surface area contributed by atoms with Crippen molar-refractivity contribution >= 4 is 11.9 Å². The van der Waals surface area contributed by atoms with Crippen molar-refractivity contribution < 1.29 is 9.59 Å². The molecule has 6 nitrogen and oxygen atoms in total. The summed E-state index contributed by atoms with van der Waals surface area (Å²) in [6.07, 6.45) is 4.58. The molecule has 1 aliphatic heterocycles. The Morgan fingerprint density at radius 3 is 2.50 bits per heavy atom. The molecule has 1 saturated heterocycles. The molecule has 0 atom stereocenters. The molecule has 1 N–H and O–H groups in total. The number of nitrogens with zero attached hydrogens (tertiary/aromatic N) is 3. The number of benzene rings is 1. The SMILES string of the molecule is Cn1ccnc1CN1C(=O)NC2(Cc3ccccc3C2)C1=O. The number of nitrogens with one attached hydrogen (secondary N) is 1. The van der Waals surface area contributed by atoms with Crippen molar-refractivity contribution in [3.05, 3.63) is 53.6 Å². The van der Waals surface area contributed by atoms with Gasteiger partial charge in [-0.05, 0) is 11.1 Å². The summed E-state index contributed by atoms with van der Waals surface area (Å²) in [6, 6.07) is 7.63. The number of imide groups is 1. The van der Waals surface area contributed by atoms with Crippen LogP contribution in [0.5, 0.6) is 0 Å². The Morgan fingerprint density at radius 2 is 1.91 bits per heavy atom. The maximum absolute atomic E-state index is 12.9. The second kappa shape index (κ2) is 4.43. The van der Waals surface area contributed by atoms with Crippen LogP contribution in [0.4, 0.5) is 4.79 Å². The van der Waals surface area contributed by atoms with E-state index in [1.54, 1.807) is 12.4 Å². The molecule has 2 aliphatic rings. The molecule has 2 aromatic rings. The summed E-state index contributed by atoms with van der Waals surface area (Å²) in [5, 5.41) is 2.91. The molecule has 0 radical (unpaired) electrons. The number of aryl methyl sites for hydroxylation is 1. The first-order chi connectivity index (χ1) is 10.6. The van der Waals surface area contributed by atoms with Gasteiger partial charge in [0.05, 0.1) is 6.54 Å². The maximum Gasteiger partial charge on any atom is 0.325 e. The fourth-order valence-electron chi connectivity index (χ4n) is 3.36. The molecule has 1 aromatic carbocycles. The molecule has 1 aromatic heterocycles. The van der Waals surface area contributed by atoms with E-state index in [9.17, 15) is 9.59 Å². The van der Waals surface area contributed by atoms with Gasteiger partial charge in [-0.15, -0.1) is 0 Å². The zero-order chi connectivity index (χ0) is 15.3. The Kier molecular flexibility index (Phi) is 2.63. The molecular weight excluding hydrogens is 280 g/mol. The van der Waals surface area contributed by atoms with Gasteiger partial charge in [0.25, 0.3) is 5.91 Å². The van der Waals surface area contributed by atoms with Crippen LogP contribution in [0.2, 0.25) is 0 Å². The lowest BCUT2D eigenvalue weighted by Crippen LogP contribution is -2.47. The molecule has 4 rings (SSSR count). The molecule has 22 heavy (non-hydrogen) atoms. The van der Waals surface area contributed by atoms with E-state index < -0.39 is 5.54 Å². The third kappa shape index (κ3) is 1.76. The van der Waals surface area contributed by atoms with Crippen LogP contribution in [-0.4, -0.2) is 31.9 Å². The summed E-state index contributed by atoms with van der Waals surface area (Å²) in [4.78, 5) is 30.6. The highest BCUT2D eigenvalue weighted by Gasteiger charge is 2.54. The second-order valence-electron chi connectivity index (χ2n) is 5.98. The topological polar surface area (TPSA) is 67.2 Å². The Hall–Kier alpha value is -2.63. The van der Waals surface area contributed by atoms with E-state index in [-0.39, 0.29) is 18.5 Å². The van der Waals surface area contributed by atoms with Gasteiger partial charge in [0, 0.05) is 32.3 Å². The average Bonchev–Trinajstić information content (AvgIpc) is 3.12. The largest absolute Gasteiger partial charge is 0.337 e. The van der Waals surface area contributed by atoms with E-state index in [1.807, 2.05) is 35.9 Å². The van der Waals surface area contributed by atoms with Gasteiger partial charge < -0.3 is 9.88 Å². The predicted octanol–water partition coefficient (Wildman–Crippen LogP) is 1.01. The first kappa shape index (κ1) is 13.1. The zero-order valence-electron chi connectivity index (χ0n) is 12.2. The van der Waals surface area contributed by atoms with Gasteiger partial charge in [-0.25, -0.2) is 9.78 Å². The Balaban J connectivity index is 1.62. The fraction of sp³-hybridized carbons (Fsp3) is 0.312. The summed E-state index contributed by atoms with van der Waals surface area (Å²) in [5.74, 6) is 0.535. The van der Waals surface area contributed by atoms with Gasteiger partial charge in [0.15, 0.2) is 0 Å². The summed E-state index contributed by atoms with van der Waals surface area (Å²) < 4.78 is 1.81. The van der Waals surface area contributed by atoms with Gasteiger partial charge in [0.2, 0.25) is 0 Å². The number of urea groups is 1. The molecule has 0 unspecified atom stereocenters. The van der Waals surface area contributed by atoms with Crippen LogP contribution in [0.3, 0.4) is 0 Å². The van der Waals surface area contributed by atoms with Crippen LogP contribution in [0.1, 0.15) is 17.0 Å². The average molecular weight is 296 g/mol. The molecule has 1 fully saturated rings. The molecule has 2 heterocycles. The number of rotatable bonds is 2. The van der Waals surface area contributed by atoms with Crippen molar-refractivity contribution in [2.45, 2.75) is 24.9 Å². The number of fused-ring (bicyclic) bond motifs is 1. The second-order valence-corrected chi connectivity index (χ2v) is 5.98. The van der Waals surface area contributed by atoms with Gasteiger partial charge in [0.1, 0.15) is 11.4 Å². The Morgan fingerprint density at radius 1 is 1.23 bits per heavy atom. The molecule has 3 amide bonds. The smallest absolute Gasteiger partial charge is 0.325 e. The van der Waals surface area contributed by atoms with Crippen molar-refractivity contribution in [2.24, 2.45) is 7.05 Å². The molecule has 0 bridgehead atoms. The molecule has 6 heteroatoms. The highest BCUT2D eigenvalue weighted by atomic mass is 16.2. The van der Waals surface area contributed by atoms with E-state index in [2.05, 4.69) is 10.3 Å². The number of hydrogen-bond donors (Lipinski definition) is 1. The normalized spacial score (nSPS) is 18.9. The van der Waals surface area contributed by atoms with E-state index in [1.165, 1.54) is 4.90 Å². The minimum absolute atomic E-state index is 0.156. The highest BCUT2D eigenvalue weighted by molar-refractivity contribution is 6.07. The van der Waals surface area contributed by atoms with E-state index in [0.717, 1.165) is 11.1 Å². The molecule has 1 spiro atoms. The van der Waals surface area contributed by atoms with Crippen LogP contribution in [-0.2, 0) is 31.2 Å². The quantitative estimate of drug-likeness (QED) is 0.841. The third-order valence-electron chi connectivity index (χ3n) is 4.57. The van der Waals surface area contributed by atoms with Crippen LogP contribution in [0.25, 0.3) is 0 Å². The van der Waals surface area contributed by atoms with Gasteiger partial charge in [-0.2, -0.15) is 0 Å². The maximum atomic E-state index is 12.9. The molecule has 1 aliphatic carbocycles. The van der Waals surface area contributed by atoms with Crippen LogP contribution >= 0.6 is 0 Å².